The van der Waals surface area contributed by atoms with E-state index in [0.717, 1.165) is 29.6 Å². The van der Waals surface area contributed by atoms with Gasteiger partial charge in [-0.15, -0.1) is 0 Å². The van der Waals surface area contributed by atoms with Gasteiger partial charge in [0, 0.05) is 0 Å². The summed E-state index contributed by atoms with van der Waals surface area (Å²) in [7, 11) is 0. The highest BCUT2D eigenvalue weighted by atomic mass is 14.9. The average molecular weight is 191 g/mol. The Morgan fingerprint density at radius 3 is 2.43 bits per heavy atom. The number of fused-ring (bicyclic) bond motifs is 2. The molecule has 0 amide bonds. The van der Waals surface area contributed by atoms with Gasteiger partial charge in [-0.05, 0) is 61.9 Å². The van der Waals surface area contributed by atoms with Crippen LogP contribution in [0.25, 0.3) is 0 Å². The Labute approximate surface area is 87.0 Å². The van der Waals surface area contributed by atoms with Crippen LogP contribution in [-0.2, 0) is 0 Å². The van der Waals surface area contributed by atoms with E-state index < -0.39 is 0 Å². The van der Waals surface area contributed by atoms with Crippen LogP contribution in [0.3, 0.4) is 0 Å². The number of nitrogens with one attached hydrogen (secondary N) is 1. The molecule has 1 heteroatoms. The lowest BCUT2D eigenvalue weighted by molar-refractivity contribution is 0.409. The fourth-order valence-electron chi connectivity index (χ4n) is 3.27. The SMILES string of the molecule is CC1CC1CNCC1CC2C=CC1C2. The van der Waals surface area contributed by atoms with Crippen molar-refractivity contribution in [3.05, 3.63) is 12.2 Å². The third-order valence-corrected chi connectivity index (χ3v) is 4.51. The van der Waals surface area contributed by atoms with Crippen molar-refractivity contribution in [2.75, 3.05) is 13.1 Å². The van der Waals surface area contributed by atoms with Crippen molar-refractivity contribution in [3.8, 4) is 0 Å². The van der Waals surface area contributed by atoms with E-state index in [9.17, 15) is 0 Å². The summed E-state index contributed by atoms with van der Waals surface area (Å²) in [5.41, 5.74) is 0. The monoisotopic (exact) mass is 191 g/mol. The van der Waals surface area contributed by atoms with Crippen molar-refractivity contribution in [3.63, 3.8) is 0 Å². The first kappa shape index (κ1) is 8.96. The maximum Gasteiger partial charge on any atom is -0.00146 e. The molecule has 2 saturated carbocycles. The van der Waals surface area contributed by atoms with E-state index in [-0.39, 0.29) is 0 Å². The molecule has 14 heavy (non-hydrogen) atoms. The second-order valence-electron chi connectivity index (χ2n) is 5.67. The highest BCUT2D eigenvalue weighted by Crippen LogP contribution is 2.43. The van der Waals surface area contributed by atoms with Gasteiger partial charge in [0.15, 0.2) is 0 Å². The van der Waals surface area contributed by atoms with Gasteiger partial charge in [0.1, 0.15) is 0 Å². The van der Waals surface area contributed by atoms with Gasteiger partial charge >= 0.3 is 0 Å². The maximum atomic E-state index is 3.67. The Balaban J connectivity index is 1.39. The fourth-order valence-corrected chi connectivity index (χ4v) is 3.27. The van der Waals surface area contributed by atoms with Gasteiger partial charge in [0.25, 0.3) is 0 Å². The smallest absolute Gasteiger partial charge is 0.00146 e. The highest BCUT2D eigenvalue weighted by Gasteiger charge is 2.36. The Bertz CT molecular complexity index is 246. The van der Waals surface area contributed by atoms with Crippen LogP contribution in [0.15, 0.2) is 12.2 Å². The minimum atomic E-state index is 0.920. The predicted molar refractivity (Wildman–Crippen MR) is 59.0 cm³/mol. The molecule has 0 spiro atoms. The molecule has 1 nitrogen and oxygen atoms in total. The maximum absolute atomic E-state index is 3.67. The summed E-state index contributed by atoms with van der Waals surface area (Å²) in [6.45, 7) is 4.92. The summed E-state index contributed by atoms with van der Waals surface area (Å²) in [5, 5.41) is 3.67. The molecule has 2 bridgehead atoms. The summed E-state index contributed by atoms with van der Waals surface area (Å²) in [5.74, 6) is 4.82. The van der Waals surface area contributed by atoms with E-state index >= 15 is 0 Å². The molecule has 0 heterocycles. The Morgan fingerprint density at radius 2 is 1.86 bits per heavy atom. The molecule has 3 aliphatic rings. The minimum absolute atomic E-state index is 0.920. The third-order valence-electron chi connectivity index (χ3n) is 4.51. The molecule has 78 valence electrons. The first-order valence-electron chi connectivity index (χ1n) is 6.22. The van der Waals surface area contributed by atoms with E-state index in [1.807, 2.05) is 0 Å². The molecule has 5 atom stereocenters. The number of allylic oxidation sites excluding steroid dienone is 2. The van der Waals surface area contributed by atoms with Crippen LogP contribution in [0.1, 0.15) is 26.2 Å². The zero-order valence-corrected chi connectivity index (χ0v) is 9.08. The standard InChI is InChI=1S/C13H21N/c1-9-4-12(9)7-14-8-13-6-10-2-3-11(13)5-10/h2-3,9-14H,4-8H2,1H3. The zero-order chi connectivity index (χ0) is 9.54. The molecule has 0 aromatic rings. The normalized spacial score (nSPS) is 48.8. The average Bonchev–Trinajstić information content (AvgIpc) is 2.66. The van der Waals surface area contributed by atoms with Gasteiger partial charge < -0.3 is 5.32 Å². The quantitative estimate of drug-likeness (QED) is 0.673. The lowest BCUT2D eigenvalue weighted by Gasteiger charge is -2.18. The number of hydrogen-bond donors (Lipinski definition) is 1. The zero-order valence-electron chi connectivity index (χ0n) is 9.08. The van der Waals surface area contributed by atoms with Crippen molar-refractivity contribution in [1.29, 1.82) is 0 Å². The van der Waals surface area contributed by atoms with Gasteiger partial charge in [0.05, 0.1) is 0 Å². The molecule has 0 aromatic carbocycles. The fraction of sp³-hybridized carbons (Fsp3) is 0.846. The van der Waals surface area contributed by atoms with Crippen LogP contribution >= 0.6 is 0 Å². The molecular formula is C13H21N. The van der Waals surface area contributed by atoms with E-state index in [4.69, 9.17) is 0 Å². The van der Waals surface area contributed by atoms with Crippen molar-refractivity contribution >= 4 is 0 Å². The van der Waals surface area contributed by atoms with E-state index in [0.29, 0.717) is 0 Å². The van der Waals surface area contributed by atoms with Crippen LogP contribution in [0.2, 0.25) is 0 Å². The topological polar surface area (TPSA) is 12.0 Å². The summed E-state index contributed by atoms with van der Waals surface area (Å²) < 4.78 is 0. The van der Waals surface area contributed by atoms with Crippen LogP contribution < -0.4 is 5.32 Å². The van der Waals surface area contributed by atoms with E-state index in [1.165, 1.54) is 32.4 Å². The predicted octanol–water partition coefficient (Wildman–Crippen LogP) is 2.44. The molecule has 0 radical (unpaired) electrons. The molecule has 0 saturated heterocycles. The second kappa shape index (κ2) is 3.37. The van der Waals surface area contributed by atoms with Crippen LogP contribution in [0, 0.1) is 29.6 Å². The van der Waals surface area contributed by atoms with Gasteiger partial charge in [-0.25, -0.2) is 0 Å². The summed E-state index contributed by atoms with van der Waals surface area (Å²) in [6.07, 6.45) is 9.26. The molecule has 3 aliphatic carbocycles. The van der Waals surface area contributed by atoms with Crippen molar-refractivity contribution in [1.82, 2.24) is 5.32 Å². The van der Waals surface area contributed by atoms with Crippen molar-refractivity contribution in [2.45, 2.75) is 26.2 Å². The van der Waals surface area contributed by atoms with Crippen LogP contribution in [0.5, 0.6) is 0 Å². The van der Waals surface area contributed by atoms with E-state index in [1.54, 1.807) is 0 Å². The summed E-state index contributed by atoms with van der Waals surface area (Å²) >= 11 is 0. The third kappa shape index (κ3) is 1.63. The first-order valence-corrected chi connectivity index (χ1v) is 6.22. The number of rotatable bonds is 4. The molecule has 0 aromatic heterocycles. The first-order chi connectivity index (χ1) is 6.83. The lowest BCUT2D eigenvalue weighted by Crippen LogP contribution is -2.27. The van der Waals surface area contributed by atoms with Crippen LogP contribution in [-0.4, -0.2) is 13.1 Å². The minimum Gasteiger partial charge on any atom is -0.316 e. The molecule has 0 aliphatic heterocycles. The van der Waals surface area contributed by atoms with Crippen LogP contribution in [0.4, 0.5) is 0 Å². The van der Waals surface area contributed by atoms with Gasteiger partial charge in [-0.2, -0.15) is 0 Å². The second-order valence-corrected chi connectivity index (χ2v) is 5.67. The van der Waals surface area contributed by atoms with Crippen molar-refractivity contribution < 1.29 is 0 Å². The van der Waals surface area contributed by atoms with Gasteiger partial charge in [-0.1, -0.05) is 19.1 Å². The lowest BCUT2D eigenvalue weighted by atomic mass is 9.93. The summed E-state index contributed by atoms with van der Waals surface area (Å²) in [6, 6.07) is 0. The van der Waals surface area contributed by atoms with Crippen molar-refractivity contribution in [2.24, 2.45) is 29.6 Å². The number of hydrogen-bond acceptors (Lipinski definition) is 1. The Hall–Kier alpha value is -0.300. The Kier molecular flexibility index (Phi) is 2.16. The summed E-state index contributed by atoms with van der Waals surface area (Å²) in [4.78, 5) is 0. The van der Waals surface area contributed by atoms with E-state index in [2.05, 4.69) is 24.4 Å². The largest absolute Gasteiger partial charge is 0.316 e. The molecule has 3 rings (SSSR count). The highest BCUT2D eigenvalue weighted by molar-refractivity contribution is 5.10. The molecule has 1 N–H and O–H groups in total. The molecule has 2 fully saturated rings. The van der Waals surface area contributed by atoms with Gasteiger partial charge in [-0.3, -0.25) is 0 Å². The van der Waals surface area contributed by atoms with Gasteiger partial charge in [0.2, 0.25) is 0 Å². The molecular weight excluding hydrogens is 170 g/mol. The Morgan fingerprint density at radius 1 is 1.07 bits per heavy atom. The molecule has 5 unspecified atom stereocenters.